The van der Waals surface area contributed by atoms with Crippen LogP contribution in [0.2, 0.25) is 0 Å². The summed E-state index contributed by atoms with van der Waals surface area (Å²) in [6, 6.07) is 12.5. The summed E-state index contributed by atoms with van der Waals surface area (Å²) in [7, 11) is 1.64. The SMILES string of the molecule is C.C#CN(C)C#C.C#CNC#C.C#CNC#C.O.O.O.O.O.O. The highest BCUT2D eigenvalue weighted by molar-refractivity contribution is 4.96. The summed E-state index contributed by atoms with van der Waals surface area (Å²) >= 11 is 0. The maximum Gasteiger partial charge on any atom is 0.0288 e. The van der Waals surface area contributed by atoms with Crippen molar-refractivity contribution in [2.24, 2.45) is 0 Å². The quantitative estimate of drug-likeness (QED) is 0.330. The molecule has 0 spiro atoms. The van der Waals surface area contributed by atoms with E-state index in [0.29, 0.717) is 0 Å². The smallest absolute Gasteiger partial charge is 0.0288 e. The number of nitrogens with one attached hydrogen (secondary N) is 2. The van der Waals surface area contributed by atoms with E-state index in [1.807, 2.05) is 24.2 Å². The zero-order valence-corrected chi connectivity index (χ0v) is 11.9. The molecular formula is C14H27N3O6. The Kier molecular flexibility index (Phi) is 323. The van der Waals surface area contributed by atoms with Gasteiger partial charge < -0.3 is 32.9 Å². The van der Waals surface area contributed by atoms with Crippen molar-refractivity contribution >= 4 is 0 Å². The Morgan fingerprint density at radius 2 is 0.739 bits per heavy atom. The van der Waals surface area contributed by atoms with Crippen LogP contribution >= 0.6 is 0 Å². The first-order valence-corrected chi connectivity index (χ1v) is 3.63. The molecule has 0 heterocycles. The fourth-order valence-corrected chi connectivity index (χ4v) is 0.121. The van der Waals surface area contributed by atoms with Gasteiger partial charge in [-0.3, -0.25) is 15.5 Å². The van der Waals surface area contributed by atoms with Crippen LogP contribution in [0.1, 0.15) is 7.43 Å². The Morgan fingerprint density at radius 1 is 0.565 bits per heavy atom. The fraction of sp³-hybridized carbons (Fsp3) is 0.143. The summed E-state index contributed by atoms with van der Waals surface area (Å²) in [5, 5.41) is 4.33. The molecule has 0 saturated heterocycles. The van der Waals surface area contributed by atoms with Crippen LogP contribution in [0.25, 0.3) is 0 Å². The van der Waals surface area contributed by atoms with E-state index < -0.39 is 0 Å². The van der Waals surface area contributed by atoms with Crippen molar-refractivity contribution in [3.63, 3.8) is 0 Å². The molecule has 0 radical (unpaired) electrons. The van der Waals surface area contributed by atoms with E-state index in [9.17, 15) is 0 Å². The number of nitrogens with zero attached hydrogens (tertiary/aromatic N) is 1. The van der Waals surface area contributed by atoms with E-state index in [0.717, 1.165) is 0 Å². The molecule has 0 bridgehead atoms. The molecule has 0 aromatic heterocycles. The van der Waals surface area contributed by atoms with Crippen LogP contribution in [0.3, 0.4) is 0 Å². The minimum absolute atomic E-state index is 0. The lowest BCUT2D eigenvalue weighted by Gasteiger charge is -1.92. The molecule has 9 nitrogen and oxygen atoms in total. The van der Waals surface area contributed by atoms with Crippen LogP contribution in [-0.2, 0) is 0 Å². The van der Waals surface area contributed by atoms with Gasteiger partial charge in [-0.15, -0.1) is 0 Å². The van der Waals surface area contributed by atoms with E-state index in [1.165, 1.54) is 4.90 Å². The van der Waals surface area contributed by atoms with Gasteiger partial charge in [0.2, 0.25) is 0 Å². The van der Waals surface area contributed by atoms with Gasteiger partial charge in [0.15, 0.2) is 0 Å². The first-order chi connectivity index (χ1) is 7.64. The lowest BCUT2D eigenvalue weighted by Crippen LogP contribution is -1.98. The van der Waals surface area contributed by atoms with Crippen LogP contribution in [-0.4, -0.2) is 44.8 Å². The van der Waals surface area contributed by atoms with Gasteiger partial charge in [-0.05, 0) is 0 Å². The summed E-state index contributed by atoms with van der Waals surface area (Å²) in [6.07, 6.45) is 28.2. The predicted molar refractivity (Wildman–Crippen MR) is 95.4 cm³/mol. The molecule has 0 amide bonds. The number of hydrogen-bond acceptors (Lipinski definition) is 3. The highest BCUT2D eigenvalue weighted by Gasteiger charge is 1.69. The topological polar surface area (TPSA) is 216 Å². The van der Waals surface area contributed by atoms with E-state index in [4.69, 9.17) is 12.8 Å². The van der Waals surface area contributed by atoms with Crippen molar-refractivity contribution in [2.75, 3.05) is 7.05 Å². The van der Waals surface area contributed by atoms with Crippen LogP contribution < -0.4 is 10.6 Å². The molecule has 0 aliphatic carbocycles. The molecule has 0 atom stereocenters. The van der Waals surface area contributed by atoms with Crippen LogP contribution in [0.15, 0.2) is 0 Å². The highest BCUT2D eigenvalue weighted by atomic mass is 16.0. The predicted octanol–water partition coefficient (Wildman–Crippen LogP) is -4.70. The van der Waals surface area contributed by atoms with E-state index in [1.54, 1.807) is 7.05 Å². The Labute approximate surface area is 138 Å². The summed E-state index contributed by atoms with van der Waals surface area (Å²) < 4.78 is 0. The van der Waals surface area contributed by atoms with Gasteiger partial charge in [-0.25, -0.2) is 0 Å². The Bertz CT molecular complexity index is 349. The van der Waals surface area contributed by atoms with Gasteiger partial charge in [0.05, 0.1) is 0 Å². The second-order valence-corrected chi connectivity index (χ2v) is 1.64. The third-order valence-electron chi connectivity index (χ3n) is 0.676. The Hall–Kier alpha value is -3.48. The maximum absolute atomic E-state index is 4.82. The largest absolute Gasteiger partial charge is 0.412 e. The van der Waals surface area contributed by atoms with E-state index >= 15 is 0 Å². The summed E-state index contributed by atoms with van der Waals surface area (Å²) in [4.78, 5) is 1.31. The van der Waals surface area contributed by atoms with Crippen molar-refractivity contribution in [1.82, 2.24) is 15.5 Å². The first-order valence-electron chi connectivity index (χ1n) is 3.63. The van der Waals surface area contributed by atoms with Gasteiger partial charge in [-0.1, -0.05) is 46.0 Å². The maximum atomic E-state index is 4.82. The lowest BCUT2D eigenvalue weighted by molar-refractivity contribution is 0.703. The van der Waals surface area contributed by atoms with Crippen molar-refractivity contribution in [1.29, 1.82) is 0 Å². The van der Waals surface area contributed by atoms with Crippen molar-refractivity contribution in [2.45, 2.75) is 7.43 Å². The summed E-state index contributed by atoms with van der Waals surface area (Å²) in [5.74, 6) is 0. The average Bonchev–Trinajstić information content (AvgIpc) is 2.32. The van der Waals surface area contributed by atoms with Crippen molar-refractivity contribution in [3.8, 4) is 74.8 Å². The van der Waals surface area contributed by atoms with Gasteiger partial charge in [0.1, 0.15) is 0 Å². The van der Waals surface area contributed by atoms with Gasteiger partial charge in [-0.2, -0.15) is 0 Å². The van der Waals surface area contributed by atoms with Gasteiger partial charge in [0, 0.05) is 43.3 Å². The molecule has 9 heteroatoms. The minimum Gasteiger partial charge on any atom is -0.412 e. The summed E-state index contributed by atoms with van der Waals surface area (Å²) in [6.45, 7) is 0. The lowest BCUT2D eigenvalue weighted by atomic mass is 10.9. The molecule has 0 aromatic rings. The highest BCUT2D eigenvalue weighted by Crippen LogP contribution is 1.63. The molecule has 0 aliphatic rings. The number of rotatable bonds is 0. The van der Waals surface area contributed by atoms with E-state index in [2.05, 4.69) is 48.4 Å². The number of terminal acetylenes is 6. The fourth-order valence-electron chi connectivity index (χ4n) is 0.121. The molecule has 14 N–H and O–H groups in total. The monoisotopic (exact) mass is 333 g/mol. The Morgan fingerprint density at radius 3 is 0.739 bits per heavy atom. The second kappa shape index (κ2) is 101. The van der Waals surface area contributed by atoms with Crippen molar-refractivity contribution < 1.29 is 32.9 Å². The van der Waals surface area contributed by atoms with Gasteiger partial charge >= 0.3 is 0 Å². The third kappa shape index (κ3) is 247. The first kappa shape index (κ1) is 73.9. The zero-order valence-electron chi connectivity index (χ0n) is 11.9. The van der Waals surface area contributed by atoms with Crippen LogP contribution in [0.4, 0.5) is 0 Å². The van der Waals surface area contributed by atoms with E-state index in [-0.39, 0.29) is 40.3 Å². The second-order valence-electron chi connectivity index (χ2n) is 1.64. The molecule has 0 aromatic carbocycles. The van der Waals surface area contributed by atoms with Crippen LogP contribution in [0.5, 0.6) is 0 Å². The molecule has 23 heavy (non-hydrogen) atoms. The molecule has 0 unspecified atom stereocenters. The van der Waals surface area contributed by atoms with Crippen LogP contribution in [0, 0.1) is 74.8 Å². The average molecular weight is 333 g/mol. The molecule has 0 fully saturated rings. The summed E-state index contributed by atoms with van der Waals surface area (Å²) in [5.41, 5.74) is 0. The molecule has 0 saturated carbocycles. The molecule has 134 valence electrons. The van der Waals surface area contributed by atoms with Crippen molar-refractivity contribution in [3.05, 3.63) is 0 Å². The third-order valence-corrected chi connectivity index (χ3v) is 0.676. The Balaban J connectivity index is -0.0000000120. The number of hydrogen-bond donors (Lipinski definition) is 2. The van der Waals surface area contributed by atoms with Gasteiger partial charge in [0.25, 0.3) is 0 Å². The normalized spacial score (nSPS) is 2.91. The minimum atomic E-state index is 0. The zero-order chi connectivity index (χ0) is 13.2. The standard InChI is InChI=1S/C5H5N.2C4H3N.CH4.6H2O/c1-4-6(3)5-2;2*1-3-5-4-2;;;;;;;/h1-2H,3H3;2*1-2,5H;1H4;6*1H2. The molecule has 0 aliphatic heterocycles. The molecular weight excluding hydrogens is 306 g/mol. The molecule has 0 rings (SSSR count).